The van der Waals surface area contributed by atoms with Gasteiger partial charge in [0.05, 0.1) is 40.2 Å². The van der Waals surface area contributed by atoms with Gasteiger partial charge in [-0.05, 0) is 36.7 Å². The van der Waals surface area contributed by atoms with E-state index in [-0.39, 0.29) is 5.91 Å². The molecule has 6 nitrogen and oxygen atoms in total. The first-order valence-electron chi connectivity index (χ1n) is 7.10. The van der Waals surface area contributed by atoms with Crippen LogP contribution < -0.4 is 5.32 Å². The molecule has 2 rings (SSSR count). The van der Waals surface area contributed by atoms with Crippen LogP contribution in [0, 0.1) is 13.8 Å². The number of rotatable bonds is 6. The number of aryl methyl sites for hydroxylation is 3. The zero-order valence-corrected chi connectivity index (χ0v) is 15.2. The van der Waals surface area contributed by atoms with Gasteiger partial charge >= 0.3 is 0 Å². The normalized spacial score (nSPS) is 11.0. The lowest BCUT2D eigenvalue weighted by atomic mass is 10.3. The molecule has 22 heavy (non-hydrogen) atoms. The van der Waals surface area contributed by atoms with E-state index in [9.17, 15) is 4.79 Å². The molecule has 2 aromatic rings. The third-order valence-corrected chi connectivity index (χ3v) is 4.96. The molecule has 8 heteroatoms. The van der Waals surface area contributed by atoms with Crippen molar-refractivity contribution in [1.29, 1.82) is 0 Å². The largest absolute Gasteiger partial charge is 0.350 e. The molecule has 120 valence electrons. The lowest BCUT2D eigenvalue weighted by Crippen LogP contribution is -2.25. The molecule has 1 N–H and O–H groups in total. The van der Waals surface area contributed by atoms with Crippen molar-refractivity contribution in [2.24, 2.45) is 0 Å². The first kappa shape index (κ1) is 17.0. The molecule has 0 aliphatic carbocycles. The third-order valence-electron chi connectivity index (χ3n) is 3.49. The van der Waals surface area contributed by atoms with Gasteiger partial charge in [0.25, 0.3) is 0 Å². The summed E-state index contributed by atoms with van der Waals surface area (Å²) in [5.74, 6) is -0.0383. The van der Waals surface area contributed by atoms with Gasteiger partial charge in [-0.25, -0.2) is 0 Å². The van der Waals surface area contributed by atoms with Crippen LogP contribution in [0.4, 0.5) is 0 Å². The van der Waals surface area contributed by atoms with E-state index in [4.69, 9.17) is 11.6 Å². The van der Waals surface area contributed by atoms with E-state index in [0.717, 1.165) is 28.1 Å². The number of amides is 1. The van der Waals surface area contributed by atoms with E-state index in [0.29, 0.717) is 24.5 Å². The summed E-state index contributed by atoms with van der Waals surface area (Å²) in [7, 11) is 0. The van der Waals surface area contributed by atoms with Gasteiger partial charge in [-0.15, -0.1) is 0 Å². The SMILES string of the molecule is CCn1ncc(Cl)c1CNC(=O)CCn1nc(C)c(Br)c1C. The Morgan fingerprint density at radius 3 is 2.73 bits per heavy atom. The highest BCUT2D eigenvalue weighted by Gasteiger charge is 2.12. The summed E-state index contributed by atoms with van der Waals surface area (Å²) in [6.07, 6.45) is 1.96. The van der Waals surface area contributed by atoms with E-state index in [1.165, 1.54) is 0 Å². The second-order valence-electron chi connectivity index (χ2n) is 4.99. The topological polar surface area (TPSA) is 64.7 Å². The van der Waals surface area contributed by atoms with Crippen LogP contribution in [-0.4, -0.2) is 25.5 Å². The Morgan fingerprint density at radius 1 is 1.41 bits per heavy atom. The highest BCUT2D eigenvalue weighted by molar-refractivity contribution is 9.10. The summed E-state index contributed by atoms with van der Waals surface area (Å²) in [5, 5.41) is 12.0. The van der Waals surface area contributed by atoms with E-state index < -0.39 is 0 Å². The molecule has 0 aromatic carbocycles. The van der Waals surface area contributed by atoms with Crippen molar-refractivity contribution >= 4 is 33.4 Å². The molecule has 0 saturated carbocycles. The van der Waals surface area contributed by atoms with E-state index in [1.54, 1.807) is 10.9 Å². The van der Waals surface area contributed by atoms with Gasteiger partial charge in [0.15, 0.2) is 0 Å². The fourth-order valence-corrected chi connectivity index (χ4v) is 2.70. The van der Waals surface area contributed by atoms with Crippen LogP contribution in [0.1, 0.15) is 30.4 Å². The van der Waals surface area contributed by atoms with Gasteiger partial charge in [0, 0.05) is 18.7 Å². The van der Waals surface area contributed by atoms with E-state index in [1.807, 2.05) is 25.5 Å². The molecular weight excluding hydrogens is 370 g/mol. The Bertz CT molecular complexity index is 679. The van der Waals surface area contributed by atoms with Gasteiger partial charge in [0.1, 0.15) is 0 Å². The number of halogens is 2. The lowest BCUT2D eigenvalue weighted by molar-refractivity contribution is -0.121. The second kappa shape index (κ2) is 7.28. The first-order valence-corrected chi connectivity index (χ1v) is 8.27. The number of hydrogen-bond acceptors (Lipinski definition) is 3. The number of aromatic nitrogens is 4. The average Bonchev–Trinajstić information content (AvgIpc) is 2.98. The molecule has 0 aliphatic rings. The van der Waals surface area contributed by atoms with Gasteiger partial charge in [0.2, 0.25) is 5.91 Å². The minimum absolute atomic E-state index is 0.0383. The molecule has 0 fully saturated rings. The number of carbonyl (C=O) groups is 1. The molecule has 0 unspecified atom stereocenters. The third kappa shape index (κ3) is 3.70. The zero-order valence-electron chi connectivity index (χ0n) is 12.9. The zero-order chi connectivity index (χ0) is 16.3. The summed E-state index contributed by atoms with van der Waals surface area (Å²) in [6, 6.07) is 0. The van der Waals surface area contributed by atoms with Gasteiger partial charge in [-0.3, -0.25) is 14.2 Å². The Morgan fingerprint density at radius 2 is 2.14 bits per heavy atom. The van der Waals surface area contributed by atoms with Crippen molar-refractivity contribution in [1.82, 2.24) is 24.9 Å². The van der Waals surface area contributed by atoms with Crippen LogP contribution in [0.15, 0.2) is 10.7 Å². The number of hydrogen-bond donors (Lipinski definition) is 1. The second-order valence-corrected chi connectivity index (χ2v) is 6.19. The number of nitrogens with one attached hydrogen (secondary N) is 1. The fraction of sp³-hybridized carbons (Fsp3) is 0.500. The van der Waals surface area contributed by atoms with Crippen LogP contribution in [0.5, 0.6) is 0 Å². The van der Waals surface area contributed by atoms with Crippen molar-refractivity contribution in [3.8, 4) is 0 Å². The quantitative estimate of drug-likeness (QED) is 0.827. The maximum atomic E-state index is 12.0. The predicted molar refractivity (Wildman–Crippen MR) is 88.8 cm³/mol. The maximum absolute atomic E-state index is 12.0. The van der Waals surface area contributed by atoms with Crippen molar-refractivity contribution in [3.63, 3.8) is 0 Å². The summed E-state index contributed by atoms with van der Waals surface area (Å²) in [5.41, 5.74) is 2.78. The van der Waals surface area contributed by atoms with Crippen molar-refractivity contribution in [3.05, 3.63) is 32.8 Å². The molecule has 0 spiro atoms. The van der Waals surface area contributed by atoms with E-state index in [2.05, 4.69) is 31.4 Å². The van der Waals surface area contributed by atoms with Crippen molar-refractivity contribution in [2.75, 3.05) is 0 Å². The van der Waals surface area contributed by atoms with Crippen LogP contribution in [0.2, 0.25) is 5.02 Å². The van der Waals surface area contributed by atoms with Gasteiger partial charge < -0.3 is 5.32 Å². The van der Waals surface area contributed by atoms with E-state index >= 15 is 0 Å². The van der Waals surface area contributed by atoms with Crippen LogP contribution >= 0.6 is 27.5 Å². The molecule has 0 bridgehead atoms. The van der Waals surface area contributed by atoms with Crippen LogP contribution in [-0.2, 0) is 24.4 Å². The van der Waals surface area contributed by atoms with Crippen LogP contribution in [0.3, 0.4) is 0 Å². The summed E-state index contributed by atoms with van der Waals surface area (Å²) >= 11 is 9.55. The molecule has 2 heterocycles. The smallest absolute Gasteiger partial charge is 0.222 e. The maximum Gasteiger partial charge on any atom is 0.222 e. The minimum atomic E-state index is -0.0383. The summed E-state index contributed by atoms with van der Waals surface area (Å²) in [6.45, 7) is 7.54. The van der Waals surface area contributed by atoms with Crippen molar-refractivity contribution < 1.29 is 4.79 Å². The molecular formula is C14H19BrClN5O. The molecule has 0 aliphatic heterocycles. The summed E-state index contributed by atoms with van der Waals surface area (Å²) < 4.78 is 4.61. The molecule has 2 aromatic heterocycles. The lowest BCUT2D eigenvalue weighted by Gasteiger charge is -2.08. The highest BCUT2D eigenvalue weighted by Crippen LogP contribution is 2.20. The molecule has 1 amide bonds. The average molecular weight is 389 g/mol. The number of nitrogens with zero attached hydrogens (tertiary/aromatic N) is 4. The minimum Gasteiger partial charge on any atom is -0.350 e. The molecule has 0 atom stereocenters. The predicted octanol–water partition coefficient (Wildman–Crippen LogP) is 2.84. The van der Waals surface area contributed by atoms with Crippen LogP contribution in [0.25, 0.3) is 0 Å². The summed E-state index contributed by atoms with van der Waals surface area (Å²) in [4.78, 5) is 12.0. The Balaban J connectivity index is 1.88. The highest BCUT2D eigenvalue weighted by atomic mass is 79.9. The Hall–Kier alpha value is -1.34. The molecule has 0 radical (unpaired) electrons. The Kier molecular flexibility index (Phi) is 5.63. The monoisotopic (exact) mass is 387 g/mol. The fourth-order valence-electron chi connectivity index (χ4n) is 2.21. The first-order chi connectivity index (χ1) is 10.4. The Labute approximate surface area is 143 Å². The molecule has 0 saturated heterocycles. The van der Waals surface area contributed by atoms with Gasteiger partial charge in [-0.1, -0.05) is 11.6 Å². The standard InChI is InChI=1S/C14H19BrClN5O/c1-4-20-12(11(16)7-18-20)8-17-13(22)5-6-21-10(3)14(15)9(2)19-21/h7H,4-6,8H2,1-3H3,(H,17,22). The number of carbonyl (C=O) groups excluding carboxylic acids is 1. The van der Waals surface area contributed by atoms with Crippen molar-refractivity contribution in [2.45, 2.75) is 46.8 Å². The van der Waals surface area contributed by atoms with Gasteiger partial charge in [-0.2, -0.15) is 10.2 Å².